The third-order valence-corrected chi connectivity index (χ3v) is 2.03. The smallest absolute Gasteiger partial charge is 0.144 e. The van der Waals surface area contributed by atoms with Crippen molar-refractivity contribution < 1.29 is 4.58 Å². The van der Waals surface area contributed by atoms with E-state index in [0.717, 1.165) is 12.5 Å². The van der Waals surface area contributed by atoms with E-state index in [-0.39, 0.29) is 0 Å². The van der Waals surface area contributed by atoms with Crippen LogP contribution in [0.3, 0.4) is 0 Å². The highest BCUT2D eigenvalue weighted by Crippen LogP contribution is 2.10. The van der Waals surface area contributed by atoms with E-state index < -0.39 is 0 Å². The lowest BCUT2D eigenvalue weighted by atomic mass is 9.98. The first-order chi connectivity index (χ1) is 4.79. The maximum atomic E-state index is 3.85. The molecule has 0 saturated carbocycles. The molecule has 1 aliphatic rings. The molecule has 2 nitrogen and oxygen atoms in total. The minimum Gasteiger partial charge on any atom is -0.317 e. The van der Waals surface area contributed by atoms with E-state index in [0.29, 0.717) is 0 Å². The first kappa shape index (κ1) is 7.73. The number of hydrogen-bond acceptors (Lipinski definition) is 1. The number of nitrogens with zero attached hydrogens (tertiary/aromatic N) is 1. The molecule has 0 unspecified atom stereocenters. The number of nitrogens with one attached hydrogen (secondary N) is 1. The molecule has 0 radical (unpaired) electrons. The monoisotopic (exact) mass is 141 g/mol. The molecule has 10 heavy (non-hydrogen) atoms. The second kappa shape index (κ2) is 3.71. The van der Waals surface area contributed by atoms with Crippen LogP contribution in [0.5, 0.6) is 0 Å². The standard InChI is InChI=1S/C8H17N2/c1-10(2)7-8-3-5-9-6-4-8/h8-9H,1,3-7H2,2H3/q+1. The molecule has 1 heterocycles. The van der Waals surface area contributed by atoms with Crippen LogP contribution in [0.2, 0.25) is 0 Å². The predicted molar refractivity (Wildman–Crippen MR) is 43.8 cm³/mol. The Kier molecular flexibility index (Phi) is 2.87. The zero-order valence-corrected chi connectivity index (χ0v) is 6.77. The average molecular weight is 141 g/mol. The lowest BCUT2D eigenvalue weighted by Crippen LogP contribution is -2.31. The fraction of sp³-hybridized carbons (Fsp3) is 0.875. The normalized spacial score (nSPS) is 20.9. The number of rotatable bonds is 2. The summed E-state index contributed by atoms with van der Waals surface area (Å²) in [5.41, 5.74) is 0. The highest BCUT2D eigenvalue weighted by Gasteiger charge is 2.15. The summed E-state index contributed by atoms with van der Waals surface area (Å²) in [7, 11) is 2.04. The molecule has 0 aromatic carbocycles. The van der Waals surface area contributed by atoms with Gasteiger partial charge in [0.2, 0.25) is 0 Å². The van der Waals surface area contributed by atoms with Gasteiger partial charge in [0, 0.05) is 5.92 Å². The van der Waals surface area contributed by atoms with Crippen molar-refractivity contribution >= 4 is 6.72 Å². The molecule has 0 bridgehead atoms. The van der Waals surface area contributed by atoms with Crippen molar-refractivity contribution in [1.29, 1.82) is 0 Å². The van der Waals surface area contributed by atoms with Crippen LogP contribution in [0.4, 0.5) is 0 Å². The molecule has 58 valence electrons. The van der Waals surface area contributed by atoms with E-state index in [1.54, 1.807) is 0 Å². The third kappa shape index (κ3) is 2.48. The van der Waals surface area contributed by atoms with E-state index in [4.69, 9.17) is 0 Å². The Morgan fingerprint density at radius 1 is 1.50 bits per heavy atom. The molecule has 1 fully saturated rings. The molecule has 0 amide bonds. The first-order valence-corrected chi connectivity index (χ1v) is 4.01. The van der Waals surface area contributed by atoms with E-state index in [1.807, 2.05) is 11.6 Å². The van der Waals surface area contributed by atoms with Crippen molar-refractivity contribution in [3.8, 4) is 0 Å². The van der Waals surface area contributed by atoms with Gasteiger partial charge >= 0.3 is 0 Å². The van der Waals surface area contributed by atoms with Gasteiger partial charge in [-0.15, -0.1) is 0 Å². The van der Waals surface area contributed by atoms with Crippen molar-refractivity contribution in [3.63, 3.8) is 0 Å². The Labute approximate surface area is 62.9 Å². The highest BCUT2D eigenvalue weighted by molar-refractivity contribution is 5.14. The summed E-state index contributed by atoms with van der Waals surface area (Å²) in [5, 5.41) is 3.35. The fourth-order valence-corrected chi connectivity index (χ4v) is 1.51. The molecule has 1 aliphatic heterocycles. The molecule has 0 spiro atoms. The van der Waals surface area contributed by atoms with Gasteiger partial charge in [-0.25, -0.2) is 4.58 Å². The Morgan fingerprint density at radius 3 is 2.60 bits per heavy atom. The third-order valence-electron chi connectivity index (χ3n) is 2.03. The summed E-state index contributed by atoms with van der Waals surface area (Å²) in [5.74, 6) is 0.878. The van der Waals surface area contributed by atoms with Crippen molar-refractivity contribution in [2.45, 2.75) is 12.8 Å². The van der Waals surface area contributed by atoms with Crippen molar-refractivity contribution in [3.05, 3.63) is 0 Å². The molecule has 1 N–H and O–H groups in total. The van der Waals surface area contributed by atoms with Gasteiger partial charge in [0.25, 0.3) is 0 Å². The highest BCUT2D eigenvalue weighted by atomic mass is 14.9. The van der Waals surface area contributed by atoms with E-state index in [2.05, 4.69) is 12.0 Å². The predicted octanol–water partition coefficient (Wildman–Crippen LogP) is 0.329. The molecule has 0 aliphatic carbocycles. The van der Waals surface area contributed by atoms with Crippen molar-refractivity contribution in [2.75, 3.05) is 26.7 Å². The van der Waals surface area contributed by atoms with E-state index >= 15 is 0 Å². The summed E-state index contributed by atoms with van der Waals surface area (Å²) in [6.45, 7) is 7.39. The largest absolute Gasteiger partial charge is 0.317 e. The number of piperidine rings is 1. The summed E-state index contributed by atoms with van der Waals surface area (Å²) in [6.07, 6.45) is 2.64. The van der Waals surface area contributed by atoms with Crippen molar-refractivity contribution in [1.82, 2.24) is 5.32 Å². The van der Waals surface area contributed by atoms with Crippen molar-refractivity contribution in [2.24, 2.45) is 5.92 Å². The van der Waals surface area contributed by atoms with Gasteiger partial charge in [-0.2, -0.15) is 0 Å². The fourth-order valence-electron chi connectivity index (χ4n) is 1.51. The van der Waals surface area contributed by atoms with Crippen LogP contribution in [0.15, 0.2) is 0 Å². The average Bonchev–Trinajstić information content (AvgIpc) is 1.88. The van der Waals surface area contributed by atoms with Crippen LogP contribution in [0, 0.1) is 5.92 Å². The molecule has 0 aromatic rings. The molecular weight excluding hydrogens is 124 g/mol. The molecular formula is C8H17N2+. The quantitative estimate of drug-likeness (QED) is 0.432. The second-order valence-corrected chi connectivity index (χ2v) is 3.23. The second-order valence-electron chi connectivity index (χ2n) is 3.23. The zero-order valence-electron chi connectivity index (χ0n) is 6.77. The lowest BCUT2D eigenvalue weighted by molar-refractivity contribution is -0.496. The summed E-state index contributed by atoms with van der Waals surface area (Å²) in [4.78, 5) is 0. The Bertz CT molecular complexity index is 114. The molecule has 0 aromatic heterocycles. The van der Waals surface area contributed by atoms with Crippen LogP contribution in [0.1, 0.15) is 12.8 Å². The maximum Gasteiger partial charge on any atom is 0.144 e. The van der Waals surface area contributed by atoms with Gasteiger partial charge in [-0.3, -0.25) is 0 Å². The van der Waals surface area contributed by atoms with Gasteiger partial charge in [0.1, 0.15) is 20.3 Å². The van der Waals surface area contributed by atoms with Gasteiger partial charge < -0.3 is 5.32 Å². The Hall–Kier alpha value is -0.370. The molecule has 1 saturated heterocycles. The molecule has 2 heteroatoms. The summed E-state index contributed by atoms with van der Waals surface area (Å²) >= 11 is 0. The van der Waals surface area contributed by atoms with Gasteiger partial charge in [0.15, 0.2) is 0 Å². The van der Waals surface area contributed by atoms with Crippen LogP contribution in [-0.2, 0) is 0 Å². The zero-order chi connectivity index (χ0) is 7.40. The van der Waals surface area contributed by atoms with Crippen LogP contribution in [0.25, 0.3) is 0 Å². The van der Waals surface area contributed by atoms with E-state index in [9.17, 15) is 0 Å². The first-order valence-electron chi connectivity index (χ1n) is 4.01. The SMILES string of the molecule is C=[N+](C)CC1CCNCC1. The Morgan fingerprint density at radius 2 is 2.10 bits per heavy atom. The topological polar surface area (TPSA) is 15.0 Å². The van der Waals surface area contributed by atoms with Crippen LogP contribution < -0.4 is 5.32 Å². The summed E-state index contributed by atoms with van der Waals surface area (Å²) < 4.78 is 2.04. The van der Waals surface area contributed by atoms with E-state index in [1.165, 1.54) is 25.9 Å². The van der Waals surface area contributed by atoms with Crippen LogP contribution in [-0.4, -0.2) is 38.0 Å². The number of hydrogen-bond donors (Lipinski definition) is 1. The molecule has 1 rings (SSSR count). The molecule has 0 atom stereocenters. The lowest BCUT2D eigenvalue weighted by Gasteiger charge is -2.19. The van der Waals surface area contributed by atoms with Gasteiger partial charge in [0.05, 0.1) is 0 Å². The maximum absolute atomic E-state index is 3.85. The minimum atomic E-state index is 0.878. The van der Waals surface area contributed by atoms with Gasteiger partial charge in [-0.05, 0) is 25.9 Å². The Balaban J connectivity index is 2.19. The van der Waals surface area contributed by atoms with Crippen LogP contribution >= 0.6 is 0 Å². The minimum absolute atomic E-state index is 0.878. The summed E-state index contributed by atoms with van der Waals surface area (Å²) in [6, 6.07) is 0. The van der Waals surface area contributed by atoms with Gasteiger partial charge in [-0.1, -0.05) is 0 Å².